The lowest BCUT2D eigenvalue weighted by Gasteiger charge is -2.25. The van der Waals surface area contributed by atoms with Crippen molar-refractivity contribution >= 4 is 5.91 Å². The van der Waals surface area contributed by atoms with Gasteiger partial charge in [-0.1, -0.05) is 24.3 Å². The van der Waals surface area contributed by atoms with E-state index in [0.29, 0.717) is 6.54 Å². The molecule has 2 aromatic rings. The first-order chi connectivity index (χ1) is 12.6. The summed E-state index contributed by atoms with van der Waals surface area (Å²) in [4.78, 5) is 14.4. The van der Waals surface area contributed by atoms with Crippen LogP contribution in [0.25, 0.3) is 0 Å². The maximum absolute atomic E-state index is 12.7. The van der Waals surface area contributed by atoms with Gasteiger partial charge in [0.05, 0.1) is 7.11 Å². The van der Waals surface area contributed by atoms with Gasteiger partial charge in [-0.15, -0.1) is 0 Å². The van der Waals surface area contributed by atoms with Gasteiger partial charge in [0.25, 0.3) is 5.91 Å². The number of nitrogens with zero attached hydrogens (tertiary/aromatic N) is 1. The third-order valence-electron chi connectivity index (χ3n) is 4.96. The molecular weight excluding hydrogens is 326 g/mol. The van der Waals surface area contributed by atoms with Gasteiger partial charge < -0.3 is 14.4 Å². The molecule has 0 saturated heterocycles. The molecule has 0 aromatic heterocycles. The summed E-state index contributed by atoms with van der Waals surface area (Å²) in [5.41, 5.74) is 3.70. The Bertz CT molecular complexity index is 754. The number of hydrogen-bond acceptors (Lipinski definition) is 3. The van der Waals surface area contributed by atoms with Gasteiger partial charge in [0.2, 0.25) is 0 Å². The molecule has 0 heterocycles. The van der Waals surface area contributed by atoms with Crippen LogP contribution >= 0.6 is 0 Å². The molecule has 0 fully saturated rings. The molecule has 0 spiro atoms. The zero-order valence-corrected chi connectivity index (χ0v) is 15.8. The lowest BCUT2D eigenvalue weighted by atomic mass is 9.91. The average molecular weight is 353 g/mol. The second-order valence-electron chi connectivity index (χ2n) is 6.90. The highest BCUT2D eigenvalue weighted by molar-refractivity contribution is 5.80. The van der Waals surface area contributed by atoms with Crippen molar-refractivity contribution in [1.82, 2.24) is 4.90 Å². The summed E-state index contributed by atoms with van der Waals surface area (Å²) in [5.74, 6) is 1.66. The van der Waals surface area contributed by atoms with E-state index in [4.69, 9.17) is 9.47 Å². The molecule has 138 valence electrons. The van der Waals surface area contributed by atoms with E-state index in [9.17, 15) is 4.79 Å². The fraction of sp³-hybridized carbons (Fsp3) is 0.409. The number of fused-ring (bicyclic) bond motifs is 1. The number of amides is 1. The summed E-state index contributed by atoms with van der Waals surface area (Å²) < 4.78 is 11.2. The first-order valence-corrected chi connectivity index (χ1v) is 9.24. The summed E-state index contributed by atoms with van der Waals surface area (Å²) in [6, 6.07) is 13.9. The van der Waals surface area contributed by atoms with Crippen molar-refractivity contribution in [3.63, 3.8) is 0 Å². The van der Waals surface area contributed by atoms with Gasteiger partial charge in [-0.25, -0.2) is 0 Å². The van der Waals surface area contributed by atoms with Crippen LogP contribution in [0.15, 0.2) is 42.5 Å². The van der Waals surface area contributed by atoms with Crippen LogP contribution in [0.5, 0.6) is 11.5 Å². The first-order valence-electron chi connectivity index (χ1n) is 9.24. The Balaban J connectivity index is 1.63. The highest BCUT2D eigenvalue weighted by Crippen LogP contribution is 2.30. The molecule has 1 atom stereocenters. The quantitative estimate of drug-likeness (QED) is 0.788. The zero-order chi connectivity index (χ0) is 18.5. The molecule has 1 aliphatic rings. The monoisotopic (exact) mass is 353 g/mol. The molecule has 0 saturated carbocycles. The third-order valence-corrected chi connectivity index (χ3v) is 4.96. The van der Waals surface area contributed by atoms with Gasteiger partial charge >= 0.3 is 0 Å². The molecule has 2 aromatic carbocycles. The predicted octanol–water partition coefficient (Wildman–Crippen LogP) is 4.00. The fourth-order valence-corrected chi connectivity index (χ4v) is 3.49. The highest BCUT2D eigenvalue weighted by atomic mass is 16.5. The molecule has 3 rings (SSSR count). The van der Waals surface area contributed by atoms with Gasteiger partial charge in [-0.2, -0.15) is 0 Å². The summed E-state index contributed by atoms with van der Waals surface area (Å²) >= 11 is 0. The van der Waals surface area contributed by atoms with Crippen molar-refractivity contribution in [1.29, 1.82) is 0 Å². The Hall–Kier alpha value is -2.49. The number of likely N-dealkylation sites (N-methyl/N-ethyl adjacent to an activating group) is 1. The van der Waals surface area contributed by atoms with Crippen molar-refractivity contribution in [2.24, 2.45) is 0 Å². The minimum Gasteiger partial charge on any atom is -0.497 e. The molecule has 4 heteroatoms. The zero-order valence-electron chi connectivity index (χ0n) is 15.8. The van der Waals surface area contributed by atoms with Crippen LogP contribution in [0.3, 0.4) is 0 Å². The van der Waals surface area contributed by atoms with E-state index in [-0.39, 0.29) is 5.91 Å². The molecule has 4 nitrogen and oxygen atoms in total. The molecule has 0 bridgehead atoms. The summed E-state index contributed by atoms with van der Waals surface area (Å²) in [6.07, 6.45) is 4.05. The maximum Gasteiger partial charge on any atom is 0.263 e. The van der Waals surface area contributed by atoms with E-state index >= 15 is 0 Å². The Labute approximate surface area is 155 Å². The second kappa shape index (κ2) is 8.26. The first kappa shape index (κ1) is 18.3. The van der Waals surface area contributed by atoms with Crippen LogP contribution in [-0.2, 0) is 24.2 Å². The molecule has 1 aliphatic carbocycles. The summed E-state index contributed by atoms with van der Waals surface area (Å²) in [7, 11) is 3.46. The third kappa shape index (κ3) is 4.18. The topological polar surface area (TPSA) is 38.8 Å². The normalized spacial score (nSPS) is 14.3. The van der Waals surface area contributed by atoms with Crippen molar-refractivity contribution in [2.45, 2.75) is 45.3 Å². The molecule has 0 aliphatic heterocycles. The summed E-state index contributed by atoms with van der Waals surface area (Å²) in [5, 5.41) is 0. The number of carbonyl (C=O) groups is 1. The number of methoxy groups -OCH3 is 1. The van der Waals surface area contributed by atoms with Crippen molar-refractivity contribution in [3.05, 3.63) is 59.2 Å². The van der Waals surface area contributed by atoms with E-state index in [1.165, 1.54) is 24.0 Å². The van der Waals surface area contributed by atoms with E-state index < -0.39 is 6.10 Å². The van der Waals surface area contributed by atoms with Crippen LogP contribution in [0, 0.1) is 0 Å². The Morgan fingerprint density at radius 3 is 2.58 bits per heavy atom. The lowest BCUT2D eigenvalue weighted by Crippen LogP contribution is -2.37. The van der Waals surface area contributed by atoms with Gasteiger partial charge in [-0.05, 0) is 67.5 Å². The van der Waals surface area contributed by atoms with Gasteiger partial charge in [0.1, 0.15) is 11.5 Å². The number of rotatable bonds is 6. The van der Waals surface area contributed by atoms with E-state index in [1.54, 1.807) is 12.0 Å². The Morgan fingerprint density at radius 2 is 1.85 bits per heavy atom. The Morgan fingerprint density at radius 1 is 1.12 bits per heavy atom. The van der Waals surface area contributed by atoms with Crippen LogP contribution in [-0.4, -0.2) is 31.1 Å². The minimum absolute atomic E-state index is 0.0192. The predicted molar refractivity (Wildman–Crippen MR) is 103 cm³/mol. The minimum atomic E-state index is -0.508. The maximum atomic E-state index is 12.7. The van der Waals surface area contributed by atoms with Crippen molar-refractivity contribution in [2.75, 3.05) is 14.2 Å². The van der Waals surface area contributed by atoms with Crippen LogP contribution in [0.2, 0.25) is 0 Å². The number of carbonyl (C=O) groups excluding carboxylic acids is 1. The highest BCUT2D eigenvalue weighted by Gasteiger charge is 2.22. The van der Waals surface area contributed by atoms with Crippen LogP contribution in [0.1, 0.15) is 36.5 Å². The molecule has 1 unspecified atom stereocenters. The molecule has 1 amide bonds. The number of hydrogen-bond donors (Lipinski definition) is 0. The molecule has 26 heavy (non-hydrogen) atoms. The summed E-state index contributed by atoms with van der Waals surface area (Å²) in [6.45, 7) is 2.37. The van der Waals surface area contributed by atoms with Crippen molar-refractivity contribution < 1.29 is 14.3 Å². The van der Waals surface area contributed by atoms with Gasteiger partial charge in [0.15, 0.2) is 6.10 Å². The Kier molecular flexibility index (Phi) is 5.82. The van der Waals surface area contributed by atoms with E-state index in [1.807, 2.05) is 50.4 Å². The number of benzene rings is 2. The second-order valence-corrected chi connectivity index (χ2v) is 6.90. The number of ether oxygens (including phenoxy) is 2. The number of aryl methyl sites for hydroxylation is 1. The fourth-order valence-electron chi connectivity index (χ4n) is 3.49. The van der Waals surface area contributed by atoms with Gasteiger partial charge in [-0.3, -0.25) is 4.79 Å². The molecule has 0 radical (unpaired) electrons. The van der Waals surface area contributed by atoms with Gasteiger partial charge in [0, 0.05) is 13.6 Å². The average Bonchev–Trinajstić information content (AvgIpc) is 2.68. The molecule has 0 N–H and O–H groups in total. The standard InChI is InChI=1S/C22H27NO3/c1-16(26-21-10-6-8-18-7-4-5-9-20(18)21)22(24)23(2)15-17-11-13-19(25-3)14-12-17/h6,8,10-14,16H,4-5,7,9,15H2,1-3H3. The smallest absolute Gasteiger partial charge is 0.263 e. The van der Waals surface area contributed by atoms with E-state index in [0.717, 1.165) is 29.9 Å². The van der Waals surface area contributed by atoms with Crippen LogP contribution < -0.4 is 9.47 Å². The SMILES string of the molecule is COc1ccc(CN(C)C(=O)C(C)Oc2cccc3c2CCCC3)cc1. The van der Waals surface area contributed by atoms with Crippen molar-refractivity contribution in [3.8, 4) is 11.5 Å². The van der Waals surface area contributed by atoms with Crippen LogP contribution in [0.4, 0.5) is 0 Å². The van der Waals surface area contributed by atoms with E-state index in [2.05, 4.69) is 6.07 Å². The molecular formula is C22H27NO3. The largest absolute Gasteiger partial charge is 0.497 e. The lowest BCUT2D eigenvalue weighted by molar-refractivity contribution is -0.137.